The van der Waals surface area contributed by atoms with Crippen LogP contribution >= 0.6 is 23.2 Å². The second kappa shape index (κ2) is 6.42. The molecule has 0 spiro atoms. The summed E-state index contributed by atoms with van der Waals surface area (Å²) >= 11 is 12.0. The van der Waals surface area contributed by atoms with E-state index < -0.39 is 0 Å². The van der Waals surface area contributed by atoms with Crippen LogP contribution in [-0.2, 0) is 4.79 Å². The largest absolute Gasteiger partial charge is 0.336 e. The van der Waals surface area contributed by atoms with Crippen LogP contribution in [0.3, 0.4) is 0 Å². The van der Waals surface area contributed by atoms with Gasteiger partial charge in [0.05, 0.1) is 0 Å². The first kappa shape index (κ1) is 14.4. The molecular weight excluding hydrogens is 283 g/mol. The monoisotopic (exact) mass is 298 g/mol. The number of piperazine rings is 1. The van der Waals surface area contributed by atoms with Gasteiger partial charge in [-0.25, -0.2) is 0 Å². The minimum absolute atomic E-state index is 0.0625. The molecule has 102 valence electrons. The number of hydrogen-bond donors (Lipinski definition) is 1. The normalized spacial score (nSPS) is 16.6. The van der Waals surface area contributed by atoms with Crippen LogP contribution < -0.4 is 5.32 Å². The van der Waals surface area contributed by atoms with E-state index in [4.69, 9.17) is 23.2 Å². The molecule has 5 heteroatoms. The van der Waals surface area contributed by atoms with Crippen LogP contribution in [0.4, 0.5) is 0 Å². The van der Waals surface area contributed by atoms with Gasteiger partial charge in [0.25, 0.3) is 0 Å². The van der Waals surface area contributed by atoms with E-state index in [2.05, 4.69) is 5.32 Å². The van der Waals surface area contributed by atoms with E-state index in [0.717, 1.165) is 31.7 Å². The van der Waals surface area contributed by atoms with Crippen LogP contribution in [0.1, 0.15) is 12.5 Å². The minimum Gasteiger partial charge on any atom is -0.336 e. The molecular formula is C14H16Cl2N2O. The first-order valence-corrected chi connectivity index (χ1v) is 6.97. The Kier molecular flexibility index (Phi) is 4.86. The highest BCUT2D eigenvalue weighted by atomic mass is 35.5. The molecule has 1 heterocycles. The molecule has 0 aliphatic carbocycles. The highest BCUT2D eigenvalue weighted by Gasteiger charge is 2.17. The molecule has 1 saturated heterocycles. The third kappa shape index (κ3) is 3.72. The van der Waals surface area contributed by atoms with Gasteiger partial charge in [-0.1, -0.05) is 29.3 Å². The van der Waals surface area contributed by atoms with Crippen LogP contribution in [0.15, 0.2) is 23.8 Å². The minimum atomic E-state index is 0.0625. The fraction of sp³-hybridized carbons (Fsp3) is 0.357. The Morgan fingerprint density at radius 1 is 1.32 bits per heavy atom. The van der Waals surface area contributed by atoms with Gasteiger partial charge in [-0.2, -0.15) is 0 Å². The molecule has 19 heavy (non-hydrogen) atoms. The first-order valence-electron chi connectivity index (χ1n) is 6.21. The zero-order valence-electron chi connectivity index (χ0n) is 10.7. The van der Waals surface area contributed by atoms with E-state index in [1.807, 2.05) is 24.0 Å². The van der Waals surface area contributed by atoms with Crippen molar-refractivity contribution in [2.45, 2.75) is 6.92 Å². The number of halogens is 2. The summed E-state index contributed by atoms with van der Waals surface area (Å²) in [6, 6.07) is 5.26. The summed E-state index contributed by atoms with van der Waals surface area (Å²) < 4.78 is 0. The maximum atomic E-state index is 12.2. The maximum Gasteiger partial charge on any atom is 0.249 e. The molecule has 0 atom stereocenters. The molecule has 1 aliphatic rings. The molecule has 0 saturated carbocycles. The highest BCUT2D eigenvalue weighted by molar-refractivity contribution is 6.35. The van der Waals surface area contributed by atoms with Gasteiger partial charge in [0, 0.05) is 41.8 Å². The van der Waals surface area contributed by atoms with Crippen molar-refractivity contribution in [2.75, 3.05) is 26.2 Å². The molecule has 1 amide bonds. The lowest BCUT2D eigenvalue weighted by Crippen LogP contribution is -2.46. The van der Waals surface area contributed by atoms with Crippen LogP contribution in [0, 0.1) is 0 Å². The Hall–Kier alpha value is -1.03. The van der Waals surface area contributed by atoms with Gasteiger partial charge in [0.2, 0.25) is 5.91 Å². The van der Waals surface area contributed by atoms with E-state index in [1.165, 1.54) is 0 Å². The molecule has 0 unspecified atom stereocenters. The van der Waals surface area contributed by atoms with Crippen LogP contribution in [0.5, 0.6) is 0 Å². The van der Waals surface area contributed by atoms with Crippen molar-refractivity contribution in [1.29, 1.82) is 0 Å². The second-order valence-electron chi connectivity index (χ2n) is 4.54. The number of hydrogen-bond acceptors (Lipinski definition) is 2. The Balaban J connectivity index is 2.15. The molecule has 0 bridgehead atoms. The Labute approximate surface area is 123 Å². The first-order chi connectivity index (χ1) is 9.08. The zero-order valence-corrected chi connectivity index (χ0v) is 12.3. The maximum absolute atomic E-state index is 12.2. The predicted octanol–water partition coefficient (Wildman–Crippen LogP) is 2.83. The molecule has 1 fully saturated rings. The van der Waals surface area contributed by atoms with E-state index in [1.54, 1.807) is 12.1 Å². The number of carbonyl (C=O) groups is 1. The molecule has 2 rings (SSSR count). The zero-order chi connectivity index (χ0) is 13.8. The lowest BCUT2D eigenvalue weighted by molar-refractivity contribution is -0.127. The smallest absolute Gasteiger partial charge is 0.249 e. The number of nitrogens with one attached hydrogen (secondary N) is 1. The number of nitrogens with zero attached hydrogens (tertiary/aromatic N) is 1. The second-order valence-corrected chi connectivity index (χ2v) is 5.38. The molecule has 1 aromatic carbocycles. The molecule has 1 N–H and O–H groups in total. The summed E-state index contributed by atoms with van der Waals surface area (Å²) in [5.41, 5.74) is 1.50. The SMILES string of the molecule is CC(=Cc1ccc(Cl)cc1Cl)C(=O)N1CCNCC1. The van der Waals surface area contributed by atoms with Crippen molar-refractivity contribution in [2.24, 2.45) is 0 Å². The van der Waals surface area contributed by atoms with E-state index in [9.17, 15) is 4.79 Å². The summed E-state index contributed by atoms with van der Waals surface area (Å²) in [4.78, 5) is 14.1. The van der Waals surface area contributed by atoms with E-state index >= 15 is 0 Å². The summed E-state index contributed by atoms with van der Waals surface area (Å²) in [7, 11) is 0. The van der Waals surface area contributed by atoms with Crippen LogP contribution in [0.25, 0.3) is 6.08 Å². The average Bonchev–Trinajstić information content (AvgIpc) is 2.42. The van der Waals surface area contributed by atoms with Gasteiger partial charge in [-0.05, 0) is 30.7 Å². The van der Waals surface area contributed by atoms with Crippen molar-refractivity contribution in [1.82, 2.24) is 10.2 Å². The fourth-order valence-electron chi connectivity index (χ4n) is 2.03. The van der Waals surface area contributed by atoms with Crippen molar-refractivity contribution >= 4 is 35.2 Å². The van der Waals surface area contributed by atoms with Gasteiger partial charge in [-0.15, -0.1) is 0 Å². The molecule has 1 aliphatic heterocycles. The fourth-order valence-corrected chi connectivity index (χ4v) is 2.49. The standard InChI is InChI=1S/C14H16Cl2N2O/c1-10(14(19)18-6-4-17-5-7-18)8-11-2-3-12(15)9-13(11)16/h2-3,8-9,17H,4-7H2,1H3. The third-order valence-electron chi connectivity index (χ3n) is 3.08. The van der Waals surface area contributed by atoms with Crippen molar-refractivity contribution in [3.05, 3.63) is 39.4 Å². The number of benzene rings is 1. The average molecular weight is 299 g/mol. The van der Waals surface area contributed by atoms with Crippen molar-refractivity contribution < 1.29 is 4.79 Å². The van der Waals surface area contributed by atoms with Crippen LogP contribution in [0.2, 0.25) is 10.0 Å². The number of carbonyl (C=O) groups excluding carboxylic acids is 1. The van der Waals surface area contributed by atoms with E-state index in [-0.39, 0.29) is 5.91 Å². The number of amides is 1. The summed E-state index contributed by atoms with van der Waals surface area (Å²) in [5, 5.41) is 4.37. The molecule has 3 nitrogen and oxygen atoms in total. The lowest BCUT2D eigenvalue weighted by atomic mass is 10.1. The Morgan fingerprint density at radius 3 is 2.63 bits per heavy atom. The van der Waals surface area contributed by atoms with Crippen molar-refractivity contribution in [3.8, 4) is 0 Å². The summed E-state index contributed by atoms with van der Waals surface area (Å²) in [6.07, 6.45) is 1.81. The summed E-state index contributed by atoms with van der Waals surface area (Å²) in [5.74, 6) is 0.0625. The van der Waals surface area contributed by atoms with Gasteiger partial charge in [0.15, 0.2) is 0 Å². The van der Waals surface area contributed by atoms with Crippen molar-refractivity contribution in [3.63, 3.8) is 0 Å². The van der Waals surface area contributed by atoms with Gasteiger partial charge in [0.1, 0.15) is 0 Å². The Morgan fingerprint density at radius 2 is 2.00 bits per heavy atom. The quantitative estimate of drug-likeness (QED) is 0.852. The predicted molar refractivity (Wildman–Crippen MR) is 79.6 cm³/mol. The Bertz CT molecular complexity index is 508. The van der Waals surface area contributed by atoms with Gasteiger partial charge >= 0.3 is 0 Å². The van der Waals surface area contributed by atoms with Gasteiger partial charge < -0.3 is 10.2 Å². The van der Waals surface area contributed by atoms with E-state index in [0.29, 0.717) is 15.6 Å². The molecule has 0 aromatic heterocycles. The topological polar surface area (TPSA) is 32.3 Å². The lowest BCUT2D eigenvalue weighted by Gasteiger charge is -2.27. The highest BCUT2D eigenvalue weighted by Crippen LogP contribution is 2.23. The van der Waals surface area contributed by atoms with Crippen LogP contribution in [-0.4, -0.2) is 37.0 Å². The van der Waals surface area contributed by atoms with Gasteiger partial charge in [-0.3, -0.25) is 4.79 Å². The summed E-state index contributed by atoms with van der Waals surface area (Å²) in [6.45, 7) is 5.01. The third-order valence-corrected chi connectivity index (χ3v) is 3.64. The molecule has 0 radical (unpaired) electrons. The molecule has 1 aromatic rings. The number of rotatable bonds is 2.